The molecular weight excluding hydrogens is 440 g/mol. The van der Waals surface area contributed by atoms with Crippen molar-refractivity contribution in [2.75, 3.05) is 133 Å². The molecule has 1 fully saturated rings. The molecule has 0 amide bonds. The second kappa shape index (κ2) is 24.7. The number of hydrogen-bond donors (Lipinski definition) is 0. The van der Waals surface area contributed by atoms with E-state index >= 15 is 0 Å². The highest BCUT2D eigenvalue weighted by Gasteiger charge is 2.38. The summed E-state index contributed by atoms with van der Waals surface area (Å²) in [5, 5.41) is 0. The second-order valence-electron chi connectivity index (χ2n) is 7.02. The Hall–Kier alpha value is -0.440. The van der Waals surface area contributed by atoms with E-state index in [1.54, 1.807) is 14.2 Å². The average Bonchev–Trinajstić information content (AvgIpc) is 3.58. The van der Waals surface area contributed by atoms with E-state index in [4.69, 9.17) is 52.1 Å². The molecule has 0 aromatic heterocycles. The average molecular weight is 485 g/mol. The first kappa shape index (κ1) is 30.6. The lowest BCUT2D eigenvalue weighted by Gasteiger charge is -2.07. The van der Waals surface area contributed by atoms with Gasteiger partial charge in [0.05, 0.1) is 119 Å². The minimum Gasteiger partial charge on any atom is -0.382 e. The van der Waals surface area contributed by atoms with Gasteiger partial charge in [-0.2, -0.15) is 0 Å². The number of methoxy groups -OCH3 is 2. The molecule has 0 aromatic carbocycles. The normalized spacial score (nSPS) is 17.6. The van der Waals surface area contributed by atoms with Crippen LogP contribution in [-0.2, 0) is 52.1 Å². The van der Waals surface area contributed by atoms with Crippen molar-refractivity contribution >= 4 is 0 Å². The predicted octanol–water partition coefficient (Wildman–Crippen LogP) is 0.179. The van der Waals surface area contributed by atoms with Crippen LogP contribution in [0, 0.1) is 0 Å². The van der Waals surface area contributed by atoms with Crippen LogP contribution in [0.25, 0.3) is 0 Å². The Kier molecular flexibility index (Phi) is 22.9. The third-order valence-electron chi connectivity index (χ3n) is 4.35. The van der Waals surface area contributed by atoms with Crippen molar-refractivity contribution in [1.29, 1.82) is 0 Å². The molecule has 0 N–H and O–H groups in total. The highest BCUT2D eigenvalue weighted by molar-refractivity contribution is 4.84. The van der Waals surface area contributed by atoms with E-state index in [2.05, 4.69) is 0 Å². The summed E-state index contributed by atoms with van der Waals surface area (Å²) in [6.07, 6.45) is 0.207. The summed E-state index contributed by atoms with van der Waals surface area (Å²) in [5.74, 6) is 0. The second-order valence-corrected chi connectivity index (χ2v) is 7.02. The van der Waals surface area contributed by atoms with E-state index in [1.165, 1.54) is 0 Å². The smallest absolute Gasteiger partial charge is 0.110 e. The molecule has 1 heterocycles. The zero-order valence-electron chi connectivity index (χ0n) is 20.4. The van der Waals surface area contributed by atoms with Crippen LogP contribution < -0.4 is 0 Å². The first-order valence-electron chi connectivity index (χ1n) is 11.6. The topological polar surface area (TPSA) is 105 Å². The molecule has 1 aliphatic heterocycles. The molecule has 0 spiro atoms. The van der Waals surface area contributed by atoms with Crippen LogP contribution in [-0.4, -0.2) is 145 Å². The van der Waals surface area contributed by atoms with Gasteiger partial charge in [0.25, 0.3) is 0 Å². The summed E-state index contributed by atoms with van der Waals surface area (Å²) >= 11 is 0. The van der Waals surface area contributed by atoms with Gasteiger partial charge >= 0.3 is 0 Å². The van der Waals surface area contributed by atoms with Crippen LogP contribution in [0.1, 0.15) is 0 Å². The maximum atomic E-state index is 5.56. The number of epoxide rings is 1. The fraction of sp³-hybridized carbons (Fsp3) is 1.00. The molecule has 1 saturated heterocycles. The van der Waals surface area contributed by atoms with E-state index < -0.39 is 0 Å². The van der Waals surface area contributed by atoms with Crippen molar-refractivity contribution in [2.24, 2.45) is 0 Å². The zero-order chi connectivity index (χ0) is 23.7. The van der Waals surface area contributed by atoms with E-state index in [0.29, 0.717) is 119 Å². The minimum absolute atomic E-state index is 0.104. The van der Waals surface area contributed by atoms with Crippen LogP contribution in [0.15, 0.2) is 0 Å². The lowest BCUT2D eigenvalue weighted by atomic mass is 10.3. The predicted molar refractivity (Wildman–Crippen MR) is 119 cm³/mol. The van der Waals surface area contributed by atoms with Crippen molar-refractivity contribution in [2.45, 2.75) is 12.2 Å². The number of hydrogen-bond acceptors (Lipinski definition) is 11. The van der Waals surface area contributed by atoms with Gasteiger partial charge in [-0.1, -0.05) is 0 Å². The molecule has 1 aliphatic rings. The van der Waals surface area contributed by atoms with Gasteiger partial charge in [0.1, 0.15) is 12.2 Å². The van der Waals surface area contributed by atoms with Crippen LogP contribution in [0.5, 0.6) is 0 Å². The van der Waals surface area contributed by atoms with Crippen LogP contribution in [0.2, 0.25) is 0 Å². The molecule has 198 valence electrons. The third kappa shape index (κ3) is 21.8. The summed E-state index contributed by atoms with van der Waals surface area (Å²) in [5.41, 5.74) is 0. The van der Waals surface area contributed by atoms with Crippen molar-refractivity contribution in [3.8, 4) is 0 Å². The van der Waals surface area contributed by atoms with Crippen molar-refractivity contribution in [1.82, 2.24) is 0 Å². The van der Waals surface area contributed by atoms with Gasteiger partial charge in [0, 0.05) is 14.2 Å². The van der Waals surface area contributed by atoms with Crippen LogP contribution >= 0.6 is 0 Å². The molecule has 33 heavy (non-hydrogen) atoms. The van der Waals surface area contributed by atoms with Gasteiger partial charge in [-0.3, -0.25) is 0 Å². The van der Waals surface area contributed by atoms with Crippen LogP contribution in [0.3, 0.4) is 0 Å². The van der Waals surface area contributed by atoms with Crippen molar-refractivity contribution < 1.29 is 52.1 Å². The molecule has 0 aromatic rings. The Balaban J connectivity index is 1.68. The van der Waals surface area contributed by atoms with Gasteiger partial charge in [-0.25, -0.2) is 0 Å². The van der Waals surface area contributed by atoms with E-state index in [0.717, 1.165) is 0 Å². The molecule has 2 atom stereocenters. The van der Waals surface area contributed by atoms with E-state index in [1.807, 2.05) is 0 Å². The lowest BCUT2D eigenvalue weighted by molar-refractivity contribution is -0.00923. The van der Waals surface area contributed by atoms with E-state index in [-0.39, 0.29) is 12.2 Å². The molecule has 0 saturated carbocycles. The quantitative estimate of drug-likeness (QED) is 0.112. The SMILES string of the molecule is COCCOCCOCCOCCOCC1OC1COCCOCCOCCOCCOC. The fourth-order valence-corrected chi connectivity index (χ4v) is 2.48. The van der Waals surface area contributed by atoms with Gasteiger partial charge in [-0.05, 0) is 0 Å². The first-order valence-corrected chi connectivity index (χ1v) is 11.6. The Morgan fingerprint density at radius 3 is 0.879 bits per heavy atom. The maximum absolute atomic E-state index is 5.56. The largest absolute Gasteiger partial charge is 0.382 e. The Morgan fingerprint density at radius 1 is 0.364 bits per heavy atom. The Labute approximate surface area is 198 Å². The standard InChI is InChI=1S/C22H44O11/c1-23-3-5-25-7-9-27-11-13-29-15-17-31-19-21-22(33-21)20-32-18-16-30-14-12-28-10-8-26-6-4-24-2/h21-22H,3-20H2,1-2H3. The lowest BCUT2D eigenvalue weighted by Crippen LogP contribution is -2.16. The fourth-order valence-electron chi connectivity index (χ4n) is 2.48. The first-order chi connectivity index (χ1) is 16.4. The van der Waals surface area contributed by atoms with Gasteiger partial charge in [-0.15, -0.1) is 0 Å². The van der Waals surface area contributed by atoms with Crippen molar-refractivity contribution in [3.05, 3.63) is 0 Å². The highest BCUT2D eigenvalue weighted by Crippen LogP contribution is 2.22. The molecule has 11 nitrogen and oxygen atoms in total. The number of rotatable bonds is 28. The molecule has 0 aliphatic carbocycles. The molecule has 2 unspecified atom stereocenters. The van der Waals surface area contributed by atoms with E-state index in [9.17, 15) is 0 Å². The molecular formula is C22H44O11. The number of ether oxygens (including phenoxy) is 11. The van der Waals surface area contributed by atoms with Gasteiger partial charge in [0.2, 0.25) is 0 Å². The molecule has 11 heteroatoms. The summed E-state index contributed by atoms with van der Waals surface area (Å²) < 4.78 is 58.7. The summed E-state index contributed by atoms with van der Waals surface area (Å²) in [4.78, 5) is 0. The van der Waals surface area contributed by atoms with Gasteiger partial charge in [0.15, 0.2) is 0 Å². The van der Waals surface area contributed by atoms with Gasteiger partial charge < -0.3 is 52.1 Å². The highest BCUT2D eigenvalue weighted by atomic mass is 16.6. The minimum atomic E-state index is 0.104. The molecule has 0 radical (unpaired) electrons. The maximum Gasteiger partial charge on any atom is 0.110 e. The summed E-state index contributed by atoms with van der Waals surface area (Å²) in [6.45, 7) is 9.99. The molecule has 0 bridgehead atoms. The summed E-state index contributed by atoms with van der Waals surface area (Å²) in [6, 6.07) is 0. The van der Waals surface area contributed by atoms with Crippen molar-refractivity contribution in [3.63, 3.8) is 0 Å². The zero-order valence-corrected chi connectivity index (χ0v) is 20.4. The van der Waals surface area contributed by atoms with Crippen LogP contribution in [0.4, 0.5) is 0 Å². The Bertz CT molecular complexity index is 355. The summed E-state index contributed by atoms with van der Waals surface area (Å²) in [7, 11) is 3.29. The molecule has 1 rings (SSSR count). The Morgan fingerprint density at radius 2 is 0.606 bits per heavy atom. The monoisotopic (exact) mass is 484 g/mol. The third-order valence-corrected chi connectivity index (χ3v) is 4.35.